The van der Waals surface area contributed by atoms with Gasteiger partial charge in [0.1, 0.15) is 5.52 Å². The van der Waals surface area contributed by atoms with Gasteiger partial charge in [0.2, 0.25) is 0 Å². The Balaban J connectivity index is 2.54. The molecule has 1 aromatic heterocycles. The highest BCUT2D eigenvalue weighted by atomic mass is 16.6. The van der Waals surface area contributed by atoms with Crippen molar-refractivity contribution in [2.24, 2.45) is 5.73 Å². The van der Waals surface area contributed by atoms with E-state index in [4.69, 9.17) is 14.9 Å². The fourth-order valence-corrected chi connectivity index (χ4v) is 1.37. The Labute approximate surface area is 87.4 Å². The van der Waals surface area contributed by atoms with Crippen molar-refractivity contribution in [3.8, 4) is 6.08 Å². The maximum Gasteiger partial charge on any atom is 0.394 e. The summed E-state index contributed by atoms with van der Waals surface area (Å²) >= 11 is 0. The van der Waals surface area contributed by atoms with E-state index >= 15 is 0 Å². The molecule has 0 saturated carbocycles. The molecule has 0 spiro atoms. The van der Waals surface area contributed by atoms with E-state index in [1.165, 1.54) is 7.11 Å². The fourth-order valence-electron chi connectivity index (χ4n) is 1.37. The van der Waals surface area contributed by atoms with Gasteiger partial charge >= 0.3 is 6.08 Å². The first-order chi connectivity index (χ1) is 7.35. The molecule has 1 heterocycles. The zero-order valence-corrected chi connectivity index (χ0v) is 8.43. The summed E-state index contributed by atoms with van der Waals surface area (Å²) in [5, 5.41) is 0. The third-order valence-electron chi connectivity index (χ3n) is 2.04. The molecule has 4 heteroatoms. The van der Waals surface area contributed by atoms with Gasteiger partial charge < -0.3 is 14.9 Å². The van der Waals surface area contributed by atoms with Crippen molar-refractivity contribution in [2.45, 2.75) is 0 Å². The summed E-state index contributed by atoms with van der Waals surface area (Å²) < 4.78 is 10.3. The van der Waals surface area contributed by atoms with Crippen LogP contribution in [0.15, 0.2) is 28.7 Å². The summed E-state index contributed by atoms with van der Waals surface area (Å²) in [6, 6.07) is 5.71. The zero-order chi connectivity index (χ0) is 10.7. The molecular weight excluding hydrogens is 192 g/mol. The predicted molar refractivity (Wildman–Crippen MR) is 58.6 cm³/mol. The molecular formula is C11H12N2O2. The Bertz CT molecular complexity index is 488. The molecule has 2 N–H and O–H groups in total. The number of para-hydroxylation sites is 1. The lowest BCUT2D eigenvalue weighted by atomic mass is 10.2. The van der Waals surface area contributed by atoms with Crippen molar-refractivity contribution in [2.75, 3.05) is 13.7 Å². The van der Waals surface area contributed by atoms with Crippen molar-refractivity contribution in [1.29, 1.82) is 0 Å². The summed E-state index contributed by atoms with van der Waals surface area (Å²) in [5.41, 5.74) is 7.88. The molecule has 0 amide bonds. The third kappa shape index (κ3) is 1.85. The van der Waals surface area contributed by atoms with Gasteiger partial charge in [0.05, 0.1) is 7.11 Å². The zero-order valence-electron chi connectivity index (χ0n) is 8.43. The van der Waals surface area contributed by atoms with E-state index in [1.807, 2.05) is 30.4 Å². The van der Waals surface area contributed by atoms with E-state index in [2.05, 4.69) is 4.98 Å². The van der Waals surface area contributed by atoms with Crippen LogP contribution in [0.25, 0.3) is 17.2 Å². The van der Waals surface area contributed by atoms with E-state index < -0.39 is 0 Å². The summed E-state index contributed by atoms with van der Waals surface area (Å²) in [5.74, 6) is 0. The number of nitrogens with two attached hydrogens (primary N) is 1. The third-order valence-corrected chi connectivity index (χ3v) is 2.04. The summed E-state index contributed by atoms with van der Waals surface area (Å²) in [4.78, 5) is 4.20. The number of hydrogen-bond acceptors (Lipinski definition) is 4. The lowest BCUT2D eigenvalue weighted by Gasteiger charge is -1.92. The molecule has 0 saturated heterocycles. The Kier molecular flexibility index (Phi) is 2.69. The molecule has 0 radical (unpaired) electrons. The minimum Gasteiger partial charge on any atom is -0.453 e. The molecule has 0 bridgehead atoms. The molecule has 0 aliphatic rings. The van der Waals surface area contributed by atoms with Gasteiger partial charge in [0.15, 0.2) is 5.58 Å². The molecule has 0 aliphatic heterocycles. The van der Waals surface area contributed by atoms with E-state index in [0.717, 1.165) is 11.1 Å². The van der Waals surface area contributed by atoms with E-state index in [-0.39, 0.29) is 6.08 Å². The Hall–Kier alpha value is -1.81. The van der Waals surface area contributed by atoms with Crippen LogP contribution < -0.4 is 10.5 Å². The number of oxazole rings is 1. The van der Waals surface area contributed by atoms with Gasteiger partial charge in [-0.2, -0.15) is 4.98 Å². The highest BCUT2D eigenvalue weighted by Crippen LogP contribution is 2.23. The fraction of sp³-hybridized carbons (Fsp3) is 0.182. The number of aromatic nitrogens is 1. The van der Waals surface area contributed by atoms with Crippen molar-refractivity contribution >= 4 is 17.2 Å². The van der Waals surface area contributed by atoms with Gasteiger partial charge in [0, 0.05) is 12.1 Å². The van der Waals surface area contributed by atoms with Crippen molar-refractivity contribution in [3.05, 3.63) is 29.8 Å². The minimum atomic E-state index is 0.276. The second kappa shape index (κ2) is 4.14. The van der Waals surface area contributed by atoms with Crippen LogP contribution in [0.1, 0.15) is 5.56 Å². The molecule has 0 fully saturated rings. The molecule has 0 aliphatic carbocycles. The summed E-state index contributed by atoms with van der Waals surface area (Å²) in [6.07, 6.45) is 4.07. The van der Waals surface area contributed by atoms with Crippen molar-refractivity contribution < 1.29 is 9.15 Å². The number of fused-ring (bicyclic) bond motifs is 1. The Morgan fingerprint density at radius 2 is 2.40 bits per heavy atom. The van der Waals surface area contributed by atoms with Crippen LogP contribution in [-0.2, 0) is 0 Å². The standard InChI is InChI=1S/C11H12N2O2/c1-14-11-13-10-8(5-3-7-12)4-2-6-9(10)15-11/h2-6H,7,12H2,1H3/b5-3+. The van der Waals surface area contributed by atoms with E-state index in [1.54, 1.807) is 0 Å². The first-order valence-corrected chi connectivity index (χ1v) is 4.65. The number of benzene rings is 1. The number of hydrogen-bond donors (Lipinski definition) is 1. The van der Waals surface area contributed by atoms with Crippen LogP contribution in [0.4, 0.5) is 0 Å². The highest BCUT2D eigenvalue weighted by Gasteiger charge is 2.07. The lowest BCUT2D eigenvalue weighted by molar-refractivity contribution is 0.299. The number of nitrogens with zero attached hydrogens (tertiary/aromatic N) is 1. The van der Waals surface area contributed by atoms with Gasteiger partial charge in [-0.15, -0.1) is 0 Å². The maximum absolute atomic E-state index is 5.40. The van der Waals surface area contributed by atoms with Crippen LogP contribution in [-0.4, -0.2) is 18.6 Å². The number of ether oxygens (including phenoxy) is 1. The molecule has 0 unspecified atom stereocenters. The first kappa shape index (κ1) is 9.73. The Morgan fingerprint density at radius 1 is 1.53 bits per heavy atom. The molecule has 2 aromatic rings. The Morgan fingerprint density at radius 3 is 3.13 bits per heavy atom. The van der Waals surface area contributed by atoms with Gasteiger partial charge in [-0.25, -0.2) is 0 Å². The average molecular weight is 204 g/mol. The second-order valence-electron chi connectivity index (χ2n) is 3.02. The highest BCUT2D eigenvalue weighted by molar-refractivity contribution is 5.83. The van der Waals surface area contributed by atoms with Crippen molar-refractivity contribution in [1.82, 2.24) is 4.98 Å². The monoisotopic (exact) mass is 204 g/mol. The molecule has 1 aromatic carbocycles. The van der Waals surface area contributed by atoms with Crippen LogP contribution in [0.5, 0.6) is 6.08 Å². The summed E-state index contributed by atoms with van der Waals surface area (Å²) in [6.45, 7) is 0.505. The van der Waals surface area contributed by atoms with Gasteiger partial charge in [-0.1, -0.05) is 24.3 Å². The van der Waals surface area contributed by atoms with Crippen LogP contribution in [0.2, 0.25) is 0 Å². The van der Waals surface area contributed by atoms with Gasteiger partial charge in [-0.3, -0.25) is 0 Å². The normalized spacial score (nSPS) is 11.3. The quantitative estimate of drug-likeness (QED) is 0.828. The largest absolute Gasteiger partial charge is 0.453 e. The molecule has 0 atom stereocenters. The van der Waals surface area contributed by atoms with E-state index in [9.17, 15) is 0 Å². The maximum atomic E-state index is 5.40. The molecule has 2 rings (SSSR count). The predicted octanol–water partition coefficient (Wildman–Crippen LogP) is 1.81. The van der Waals surface area contributed by atoms with Crippen LogP contribution >= 0.6 is 0 Å². The average Bonchev–Trinajstić information content (AvgIpc) is 2.69. The molecule has 78 valence electrons. The SMILES string of the molecule is COc1nc2c(/C=C/CN)cccc2o1. The minimum absolute atomic E-state index is 0.276. The van der Waals surface area contributed by atoms with Crippen LogP contribution in [0, 0.1) is 0 Å². The van der Waals surface area contributed by atoms with Crippen molar-refractivity contribution in [3.63, 3.8) is 0 Å². The van der Waals surface area contributed by atoms with Crippen LogP contribution in [0.3, 0.4) is 0 Å². The number of rotatable bonds is 3. The van der Waals surface area contributed by atoms with Gasteiger partial charge in [-0.05, 0) is 6.07 Å². The number of methoxy groups -OCH3 is 1. The topological polar surface area (TPSA) is 61.3 Å². The second-order valence-corrected chi connectivity index (χ2v) is 3.02. The lowest BCUT2D eigenvalue weighted by Crippen LogP contribution is -1.92. The first-order valence-electron chi connectivity index (χ1n) is 4.65. The summed E-state index contributed by atoms with van der Waals surface area (Å²) in [7, 11) is 1.53. The van der Waals surface area contributed by atoms with Gasteiger partial charge in [0.25, 0.3) is 0 Å². The molecule has 15 heavy (non-hydrogen) atoms. The smallest absolute Gasteiger partial charge is 0.394 e. The molecule has 4 nitrogen and oxygen atoms in total. The van der Waals surface area contributed by atoms with E-state index in [0.29, 0.717) is 12.1 Å².